The van der Waals surface area contributed by atoms with Crippen LogP contribution in [-0.4, -0.2) is 16.7 Å². The Kier molecular flexibility index (Phi) is 3.81. The third-order valence-corrected chi connectivity index (χ3v) is 3.80. The molecule has 3 N–H and O–H groups in total. The zero-order chi connectivity index (χ0) is 17.2. The number of aromatic nitrogens is 2. The predicted octanol–water partition coefficient (Wildman–Crippen LogP) is 4.17. The van der Waals surface area contributed by atoms with Crippen LogP contribution in [0.2, 0.25) is 0 Å². The third-order valence-electron chi connectivity index (χ3n) is 3.80. The summed E-state index contributed by atoms with van der Waals surface area (Å²) in [6.45, 7) is 2.41. The molecule has 3 aromatic rings. The summed E-state index contributed by atoms with van der Waals surface area (Å²) >= 11 is 0. The number of nitrogens with zero attached hydrogens (tertiary/aromatic N) is 2. The van der Waals surface area contributed by atoms with Crippen molar-refractivity contribution in [2.24, 2.45) is 0 Å². The first-order valence-electron chi connectivity index (χ1n) is 7.81. The van der Waals surface area contributed by atoms with Crippen LogP contribution in [0.4, 0.5) is 33.2 Å². The number of aryl methyl sites for hydroxylation is 1. The Hall–Kier alpha value is -3.35. The number of anilines is 5. The quantitative estimate of drug-likeness (QED) is 0.664. The Morgan fingerprint density at radius 1 is 1.08 bits per heavy atom. The standard InChI is InChI=1S/C18H16FN5O/c1-11-9-20-18(23-13-4-2-12(19)3-5-13)24-17(11)22-14-6-7-16-15(8-14)21-10-25-16/h2-9,21H,10H2,1H3,(H2,20,22,23,24). The lowest BCUT2D eigenvalue weighted by Crippen LogP contribution is -2.03. The molecule has 0 atom stereocenters. The van der Waals surface area contributed by atoms with Gasteiger partial charge >= 0.3 is 0 Å². The Morgan fingerprint density at radius 2 is 1.88 bits per heavy atom. The average Bonchev–Trinajstić information content (AvgIpc) is 3.08. The fourth-order valence-corrected chi connectivity index (χ4v) is 2.49. The maximum atomic E-state index is 13.0. The van der Waals surface area contributed by atoms with Crippen LogP contribution in [0.5, 0.6) is 5.75 Å². The zero-order valence-corrected chi connectivity index (χ0v) is 13.5. The molecule has 0 amide bonds. The second kappa shape index (κ2) is 6.27. The molecule has 0 bridgehead atoms. The molecule has 0 saturated carbocycles. The van der Waals surface area contributed by atoms with Gasteiger partial charge in [0.1, 0.15) is 17.4 Å². The summed E-state index contributed by atoms with van der Waals surface area (Å²) in [5, 5.41) is 9.51. The van der Waals surface area contributed by atoms with E-state index < -0.39 is 0 Å². The summed E-state index contributed by atoms with van der Waals surface area (Å²) in [4.78, 5) is 8.77. The smallest absolute Gasteiger partial charge is 0.229 e. The first kappa shape index (κ1) is 15.2. The van der Waals surface area contributed by atoms with Gasteiger partial charge in [-0.2, -0.15) is 4.98 Å². The fourth-order valence-electron chi connectivity index (χ4n) is 2.49. The van der Waals surface area contributed by atoms with E-state index in [0.717, 1.165) is 28.4 Å². The van der Waals surface area contributed by atoms with Crippen molar-refractivity contribution >= 4 is 28.8 Å². The van der Waals surface area contributed by atoms with Crippen molar-refractivity contribution in [2.45, 2.75) is 6.92 Å². The molecule has 0 unspecified atom stereocenters. The number of benzene rings is 2. The van der Waals surface area contributed by atoms with E-state index in [1.807, 2.05) is 25.1 Å². The van der Waals surface area contributed by atoms with Gasteiger partial charge < -0.3 is 20.7 Å². The molecule has 2 heterocycles. The van der Waals surface area contributed by atoms with Gasteiger partial charge in [-0.15, -0.1) is 0 Å². The van der Waals surface area contributed by atoms with Crippen molar-refractivity contribution < 1.29 is 9.13 Å². The van der Waals surface area contributed by atoms with Gasteiger partial charge in [-0.1, -0.05) is 0 Å². The summed E-state index contributed by atoms with van der Waals surface area (Å²) < 4.78 is 18.4. The highest BCUT2D eigenvalue weighted by atomic mass is 19.1. The number of nitrogens with one attached hydrogen (secondary N) is 3. The number of hydrogen-bond acceptors (Lipinski definition) is 6. The van der Waals surface area contributed by atoms with Crippen molar-refractivity contribution in [3.63, 3.8) is 0 Å². The lowest BCUT2D eigenvalue weighted by atomic mass is 10.2. The van der Waals surface area contributed by atoms with Crippen molar-refractivity contribution in [2.75, 3.05) is 22.7 Å². The summed E-state index contributed by atoms with van der Waals surface area (Å²) in [6, 6.07) is 11.9. The monoisotopic (exact) mass is 337 g/mol. The largest absolute Gasteiger partial charge is 0.471 e. The van der Waals surface area contributed by atoms with Crippen LogP contribution >= 0.6 is 0 Å². The van der Waals surface area contributed by atoms with Gasteiger partial charge in [0.15, 0.2) is 6.73 Å². The lowest BCUT2D eigenvalue weighted by Gasteiger charge is -2.11. The van der Waals surface area contributed by atoms with Gasteiger partial charge in [0, 0.05) is 23.1 Å². The van der Waals surface area contributed by atoms with Gasteiger partial charge in [-0.05, 0) is 49.4 Å². The van der Waals surface area contributed by atoms with Crippen LogP contribution in [-0.2, 0) is 0 Å². The van der Waals surface area contributed by atoms with Gasteiger partial charge in [0.25, 0.3) is 0 Å². The topological polar surface area (TPSA) is 71.1 Å². The highest BCUT2D eigenvalue weighted by Gasteiger charge is 2.12. The van der Waals surface area contributed by atoms with Crippen LogP contribution in [0.3, 0.4) is 0 Å². The normalized spacial score (nSPS) is 12.1. The second-order valence-corrected chi connectivity index (χ2v) is 5.66. The number of hydrogen-bond donors (Lipinski definition) is 3. The molecule has 126 valence electrons. The summed E-state index contributed by atoms with van der Waals surface area (Å²) in [5.41, 5.74) is 3.47. The maximum absolute atomic E-state index is 13.0. The summed E-state index contributed by atoms with van der Waals surface area (Å²) in [7, 11) is 0. The highest BCUT2D eigenvalue weighted by Crippen LogP contribution is 2.32. The molecule has 0 fully saturated rings. The van der Waals surface area contributed by atoms with Gasteiger partial charge in [-0.25, -0.2) is 9.37 Å². The molecule has 0 aliphatic carbocycles. The minimum Gasteiger partial charge on any atom is -0.471 e. The molecule has 7 heteroatoms. The number of rotatable bonds is 4. The molecule has 6 nitrogen and oxygen atoms in total. The molecular weight excluding hydrogens is 321 g/mol. The molecule has 0 spiro atoms. The second-order valence-electron chi connectivity index (χ2n) is 5.66. The van der Waals surface area contributed by atoms with Gasteiger partial charge in [0.2, 0.25) is 5.95 Å². The van der Waals surface area contributed by atoms with Crippen LogP contribution in [0.25, 0.3) is 0 Å². The van der Waals surface area contributed by atoms with Crippen LogP contribution in [0.15, 0.2) is 48.7 Å². The molecule has 2 aromatic carbocycles. The van der Waals surface area contributed by atoms with Crippen LogP contribution in [0, 0.1) is 12.7 Å². The average molecular weight is 337 g/mol. The predicted molar refractivity (Wildman–Crippen MR) is 95.3 cm³/mol. The van der Waals surface area contributed by atoms with Gasteiger partial charge in [0.05, 0.1) is 5.69 Å². The molecule has 1 aliphatic heterocycles. The third kappa shape index (κ3) is 3.30. The Morgan fingerprint density at radius 3 is 2.72 bits per heavy atom. The number of halogens is 1. The first-order chi connectivity index (χ1) is 12.2. The minimum atomic E-state index is -0.285. The number of fused-ring (bicyclic) bond motifs is 1. The van der Waals surface area contributed by atoms with E-state index >= 15 is 0 Å². The first-order valence-corrected chi connectivity index (χ1v) is 7.81. The van der Waals surface area contributed by atoms with Crippen molar-refractivity contribution in [1.82, 2.24) is 9.97 Å². The van der Waals surface area contributed by atoms with E-state index in [1.165, 1.54) is 12.1 Å². The SMILES string of the molecule is Cc1cnc(Nc2ccc(F)cc2)nc1Nc1ccc2c(c1)NCO2. The van der Waals surface area contributed by atoms with E-state index in [9.17, 15) is 4.39 Å². The van der Waals surface area contributed by atoms with Crippen molar-refractivity contribution in [3.05, 3.63) is 60.0 Å². The molecule has 0 radical (unpaired) electrons. The van der Waals surface area contributed by atoms with E-state index in [2.05, 4.69) is 25.9 Å². The lowest BCUT2D eigenvalue weighted by molar-refractivity contribution is 0.372. The molecule has 1 aromatic heterocycles. The molecule has 0 saturated heterocycles. The van der Waals surface area contributed by atoms with Crippen LogP contribution in [0.1, 0.15) is 5.56 Å². The fraction of sp³-hybridized carbons (Fsp3) is 0.111. The molecular formula is C18H16FN5O. The van der Waals surface area contributed by atoms with Gasteiger partial charge in [-0.3, -0.25) is 0 Å². The Bertz CT molecular complexity index is 914. The minimum absolute atomic E-state index is 0.285. The van der Waals surface area contributed by atoms with Crippen LogP contribution < -0.4 is 20.7 Å². The van der Waals surface area contributed by atoms with E-state index in [1.54, 1.807) is 18.3 Å². The van der Waals surface area contributed by atoms with Crippen molar-refractivity contribution in [3.8, 4) is 5.75 Å². The highest BCUT2D eigenvalue weighted by molar-refractivity contribution is 5.70. The van der Waals surface area contributed by atoms with E-state index in [4.69, 9.17) is 4.74 Å². The van der Waals surface area contributed by atoms with E-state index in [0.29, 0.717) is 18.5 Å². The Balaban J connectivity index is 1.56. The van der Waals surface area contributed by atoms with Crippen molar-refractivity contribution in [1.29, 1.82) is 0 Å². The number of ether oxygens (including phenoxy) is 1. The Labute approximate surface area is 144 Å². The zero-order valence-electron chi connectivity index (χ0n) is 13.5. The maximum Gasteiger partial charge on any atom is 0.229 e. The summed E-state index contributed by atoms with van der Waals surface area (Å²) in [6.07, 6.45) is 1.73. The molecule has 1 aliphatic rings. The molecule has 25 heavy (non-hydrogen) atoms. The summed E-state index contributed by atoms with van der Waals surface area (Å²) in [5.74, 6) is 1.68. The molecule has 4 rings (SSSR count). The van der Waals surface area contributed by atoms with E-state index in [-0.39, 0.29) is 5.82 Å².